The van der Waals surface area contributed by atoms with Crippen molar-refractivity contribution in [2.24, 2.45) is 10.9 Å². The molecule has 17 heteroatoms. The normalized spacial score (nSPS) is 19.6. The molecular weight excluding hydrogens is 515 g/mol. The van der Waals surface area contributed by atoms with Crippen LogP contribution in [0, 0.1) is 0 Å². The Balaban J connectivity index is 1.82. The highest BCUT2D eigenvalue weighted by atomic mass is 32.2. The number of aromatic nitrogens is 6. The third kappa shape index (κ3) is 3.99. The van der Waals surface area contributed by atoms with Crippen LogP contribution in [0.1, 0.15) is 6.42 Å². The third-order valence-electron chi connectivity index (χ3n) is 5.95. The standard InChI is InChI=1S/C19H21FN10O4S2/c20-11-6-7-30(8-12(11)21)36(33,34)14-5-4-9(10-2-1-3-13-16(10)25-19(22)24-13)15(17(14)35(23,31)32)18-26-28-29-27-18/h1-5,11-12H,6-8,21H2,(H3,22,24,25)(H2,23,31,32)(H,26,27,28,29)/t11-,12-/m1/s1. The number of anilines is 1. The van der Waals surface area contributed by atoms with Gasteiger partial charge < -0.3 is 16.5 Å². The van der Waals surface area contributed by atoms with E-state index in [4.69, 9.17) is 16.6 Å². The molecular formula is C19H21FN10O4S2. The second-order valence-electron chi connectivity index (χ2n) is 8.25. The summed E-state index contributed by atoms with van der Waals surface area (Å²) in [6.07, 6.45) is -1.52. The average Bonchev–Trinajstić information content (AvgIpc) is 3.48. The lowest BCUT2D eigenvalue weighted by molar-refractivity contribution is 0.181. The van der Waals surface area contributed by atoms with Gasteiger partial charge in [0.15, 0.2) is 5.95 Å². The Morgan fingerprint density at radius 3 is 2.56 bits per heavy atom. The fraction of sp³-hybridized carbons (Fsp3) is 0.263. The summed E-state index contributed by atoms with van der Waals surface area (Å²) in [6.45, 7) is -0.523. The van der Waals surface area contributed by atoms with Gasteiger partial charge in [0, 0.05) is 24.7 Å². The summed E-state index contributed by atoms with van der Waals surface area (Å²) in [6, 6.07) is 6.50. The Labute approximate surface area is 204 Å². The van der Waals surface area contributed by atoms with Gasteiger partial charge >= 0.3 is 0 Å². The number of imidazole rings is 1. The number of primary sulfonamides is 1. The number of rotatable bonds is 5. The van der Waals surface area contributed by atoms with E-state index < -0.39 is 42.1 Å². The molecule has 1 fully saturated rings. The van der Waals surface area contributed by atoms with E-state index in [1.165, 1.54) is 6.07 Å². The fourth-order valence-corrected chi connectivity index (χ4v) is 7.38. The average molecular weight is 537 g/mol. The number of para-hydroxylation sites is 1. The first-order valence-electron chi connectivity index (χ1n) is 10.6. The highest BCUT2D eigenvalue weighted by Crippen LogP contribution is 2.41. The van der Waals surface area contributed by atoms with E-state index >= 15 is 0 Å². The maximum Gasteiger partial charge on any atom is 0.244 e. The number of alkyl halides is 1. The topological polar surface area (TPSA) is 233 Å². The predicted octanol–water partition coefficient (Wildman–Crippen LogP) is -0.301. The van der Waals surface area contributed by atoms with Crippen molar-refractivity contribution in [1.29, 1.82) is 0 Å². The minimum absolute atomic E-state index is 0.122. The monoisotopic (exact) mass is 536 g/mol. The summed E-state index contributed by atoms with van der Waals surface area (Å²) >= 11 is 0. The number of nitrogens with zero attached hydrogens (tertiary/aromatic N) is 5. The van der Waals surface area contributed by atoms with Crippen LogP contribution in [-0.4, -0.2) is 77.0 Å². The van der Waals surface area contributed by atoms with Crippen molar-refractivity contribution in [3.8, 4) is 22.5 Å². The molecule has 2 aromatic heterocycles. The molecule has 0 aliphatic carbocycles. The minimum atomic E-state index is -4.70. The summed E-state index contributed by atoms with van der Waals surface area (Å²) in [5, 5.41) is 19.1. The number of nitrogens with one attached hydrogen (secondary N) is 2. The molecule has 0 saturated carbocycles. The van der Waals surface area contributed by atoms with Crippen molar-refractivity contribution in [3.63, 3.8) is 0 Å². The van der Waals surface area contributed by atoms with E-state index in [0.29, 0.717) is 16.6 Å². The van der Waals surface area contributed by atoms with Crippen molar-refractivity contribution in [2.75, 3.05) is 18.8 Å². The number of fused-ring (bicyclic) bond motifs is 1. The van der Waals surface area contributed by atoms with Gasteiger partial charge in [0.1, 0.15) is 16.0 Å². The summed E-state index contributed by atoms with van der Waals surface area (Å²) in [4.78, 5) is 5.79. The SMILES string of the molecule is Nc1nc2c(-c3ccc(S(=O)(=O)N4CC[C@@H](F)[C@H](N)C4)c(S(N)(=O)=O)c3-c3nn[nH]n3)cccc2[nH]1. The van der Waals surface area contributed by atoms with Gasteiger partial charge in [0.05, 0.1) is 16.6 Å². The minimum Gasteiger partial charge on any atom is -0.369 e. The number of halogens is 1. The first kappa shape index (κ1) is 24.2. The van der Waals surface area contributed by atoms with Crippen LogP contribution in [0.2, 0.25) is 0 Å². The van der Waals surface area contributed by atoms with E-state index in [-0.39, 0.29) is 42.4 Å². The maximum atomic E-state index is 13.9. The number of tetrazole rings is 1. The second kappa shape index (κ2) is 8.56. The Kier molecular flexibility index (Phi) is 5.75. The van der Waals surface area contributed by atoms with E-state index in [1.807, 2.05) is 0 Å². The van der Waals surface area contributed by atoms with Crippen molar-refractivity contribution in [3.05, 3.63) is 30.3 Å². The van der Waals surface area contributed by atoms with Crippen molar-refractivity contribution >= 4 is 37.0 Å². The molecule has 5 rings (SSSR count). The molecule has 2 aromatic carbocycles. The van der Waals surface area contributed by atoms with Gasteiger partial charge in [-0.2, -0.15) is 9.52 Å². The Morgan fingerprint density at radius 1 is 1.11 bits per heavy atom. The number of nitrogens with two attached hydrogens (primary N) is 3. The lowest BCUT2D eigenvalue weighted by atomic mass is 9.98. The third-order valence-corrected chi connectivity index (χ3v) is 8.98. The first-order valence-corrected chi connectivity index (χ1v) is 13.5. The summed E-state index contributed by atoms with van der Waals surface area (Å²) < 4.78 is 68.0. The van der Waals surface area contributed by atoms with Crippen LogP contribution < -0.4 is 16.6 Å². The molecule has 0 unspecified atom stereocenters. The number of benzene rings is 2. The molecule has 0 amide bonds. The molecule has 8 N–H and O–H groups in total. The molecule has 2 atom stereocenters. The molecule has 0 radical (unpaired) electrons. The lowest BCUT2D eigenvalue weighted by Crippen LogP contribution is -2.51. The van der Waals surface area contributed by atoms with Gasteiger partial charge in [-0.05, 0) is 29.3 Å². The van der Waals surface area contributed by atoms with Crippen molar-refractivity contribution in [2.45, 2.75) is 28.4 Å². The molecule has 190 valence electrons. The largest absolute Gasteiger partial charge is 0.369 e. The number of hydrogen-bond donors (Lipinski definition) is 5. The van der Waals surface area contributed by atoms with E-state index in [1.54, 1.807) is 18.2 Å². The zero-order valence-electron chi connectivity index (χ0n) is 18.5. The zero-order chi connectivity index (χ0) is 25.8. The molecule has 1 aliphatic rings. The molecule has 1 aliphatic heterocycles. The van der Waals surface area contributed by atoms with Crippen LogP contribution in [-0.2, 0) is 20.0 Å². The predicted molar refractivity (Wildman–Crippen MR) is 127 cm³/mol. The molecule has 4 aromatic rings. The highest BCUT2D eigenvalue weighted by Gasteiger charge is 2.39. The van der Waals surface area contributed by atoms with Gasteiger partial charge in [-0.3, -0.25) is 0 Å². The van der Waals surface area contributed by atoms with Crippen LogP contribution in [0.25, 0.3) is 33.5 Å². The van der Waals surface area contributed by atoms with Gasteiger partial charge in [-0.1, -0.05) is 18.2 Å². The number of hydrogen-bond acceptors (Lipinski definition) is 10. The Bertz CT molecular complexity index is 1670. The van der Waals surface area contributed by atoms with Crippen LogP contribution in [0.4, 0.5) is 10.3 Å². The van der Waals surface area contributed by atoms with Gasteiger partial charge in [-0.15, -0.1) is 10.2 Å². The number of H-pyrrole nitrogens is 2. The van der Waals surface area contributed by atoms with Crippen LogP contribution in [0.5, 0.6) is 0 Å². The summed E-state index contributed by atoms with van der Waals surface area (Å²) in [5.74, 6) is -0.0946. The van der Waals surface area contributed by atoms with Gasteiger partial charge in [0.25, 0.3) is 0 Å². The van der Waals surface area contributed by atoms with E-state index in [0.717, 1.165) is 10.4 Å². The van der Waals surface area contributed by atoms with Gasteiger partial charge in [0.2, 0.25) is 25.9 Å². The quantitative estimate of drug-likeness (QED) is 0.223. The number of nitrogen functional groups attached to an aromatic ring is 1. The van der Waals surface area contributed by atoms with Crippen LogP contribution in [0.15, 0.2) is 40.1 Å². The second-order valence-corrected chi connectivity index (χ2v) is 11.7. The Hall–Kier alpha value is -3.51. The number of piperidine rings is 1. The van der Waals surface area contributed by atoms with Crippen molar-refractivity contribution in [1.82, 2.24) is 34.9 Å². The van der Waals surface area contributed by atoms with Gasteiger partial charge in [-0.25, -0.2) is 31.3 Å². The molecule has 1 saturated heterocycles. The van der Waals surface area contributed by atoms with Crippen LogP contribution in [0.3, 0.4) is 0 Å². The number of sulfonamides is 2. The molecule has 36 heavy (non-hydrogen) atoms. The first-order chi connectivity index (χ1) is 17.0. The van der Waals surface area contributed by atoms with Crippen molar-refractivity contribution < 1.29 is 21.2 Å². The van der Waals surface area contributed by atoms with Crippen LogP contribution >= 0.6 is 0 Å². The maximum absolute atomic E-state index is 13.9. The highest BCUT2D eigenvalue weighted by molar-refractivity contribution is 7.92. The smallest absolute Gasteiger partial charge is 0.244 e. The molecule has 3 heterocycles. The fourth-order valence-electron chi connectivity index (χ4n) is 4.31. The Morgan fingerprint density at radius 2 is 1.89 bits per heavy atom. The number of aromatic amines is 2. The lowest BCUT2D eigenvalue weighted by Gasteiger charge is -2.32. The molecule has 0 spiro atoms. The van der Waals surface area contributed by atoms with E-state index in [2.05, 4.69) is 30.6 Å². The summed E-state index contributed by atoms with van der Waals surface area (Å²) in [7, 11) is -9.18. The molecule has 0 bridgehead atoms. The summed E-state index contributed by atoms with van der Waals surface area (Å²) in [5.41, 5.74) is 12.9. The zero-order valence-corrected chi connectivity index (χ0v) is 20.1. The van der Waals surface area contributed by atoms with E-state index in [9.17, 15) is 21.2 Å². The molecule has 14 nitrogen and oxygen atoms in total.